The van der Waals surface area contributed by atoms with Crippen LogP contribution in [-0.4, -0.2) is 74.4 Å². The van der Waals surface area contributed by atoms with Crippen LogP contribution in [0.1, 0.15) is 36.5 Å². The fraction of sp³-hybridized carbons (Fsp3) is 0.353. The summed E-state index contributed by atoms with van der Waals surface area (Å²) in [5, 5.41) is 9.88. The number of benzene rings is 3. The van der Waals surface area contributed by atoms with Crippen molar-refractivity contribution in [3.8, 4) is 17.1 Å². The maximum atomic E-state index is 13.1. The van der Waals surface area contributed by atoms with Gasteiger partial charge in [0.15, 0.2) is 11.0 Å². The highest BCUT2D eigenvalue weighted by atomic mass is 32.2. The van der Waals surface area contributed by atoms with E-state index in [9.17, 15) is 9.59 Å². The topological polar surface area (TPSA) is 80.6 Å². The number of piperazine rings is 1. The summed E-state index contributed by atoms with van der Waals surface area (Å²) in [5.74, 6) is 1.64. The second-order valence-corrected chi connectivity index (χ2v) is 12.1. The van der Waals surface area contributed by atoms with Gasteiger partial charge in [0.05, 0.1) is 6.61 Å². The van der Waals surface area contributed by atoms with Gasteiger partial charge in [0, 0.05) is 49.1 Å². The molecule has 0 aliphatic carbocycles. The van der Waals surface area contributed by atoms with Crippen LogP contribution in [0.25, 0.3) is 17.1 Å². The number of ether oxygens (including phenoxy) is 1. The first-order chi connectivity index (χ1) is 20.9. The van der Waals surface area contributed by atoms with Crippen molar-refractivity contribution in [2.75, 3.05) is 32.0 Å². The minimum absolute atomic E-state index is 0.0328. The molecule has 9 heteroatoms. The number of rotatable bonds is 11. The molecule has 0 bridgehead atoms. The van der Waals surface area contributed by atoms with Gasteiger partial charge in [0.1, 0.15) is 6.61 Å². The summed E-state index contributed by atoms with van der Waals surface area (Å²) in [4.78, 5) is 29.5. The maximum Gasteiger partial charge on any atom is 0.248 e. The van der Waals surface area contributed by atoms with Crippen molar-refractivity contribution >= 4 is 23.6 Å². The van der Waals surface area contributed by atoms with E-state index in [1.54, 1.807) is 11.8 Å². The Morgan fingerprint density at radius 1 is 0.884 bits per heavy atom. The summed E-state index contributed by atoms with van der Waals surface area (Å²) in [6.07, 6.45) is 1.18. The summed E-state index contributed by atoms with van der Waals surface area (Å²) in [6.45, 7) is 8.20. The van der Waals surface area contributed by atoms with Crippen LogP contribution in [0.5, 0.6) is 0 Å². The highest BCUT2D eigenvalue weighted by molar-refractivity contribution is 7.99. The third-order valence-corrected chi connectivity index (χ3v) is 8.65. The number of amides is 2. The number of thioether (sulfide) groups is 1. The van der Waals surface area contributed by atoms with Crippen LogP contribution in [0.2, 0.25) is 0 Å². The Morgan fingerprint density at radius 2 is 1.58 bits per heavy atom. The molecule has 5 rings (SSSR count). The van der Waals surface area contributed by atoms with E-state index in [0.717, 1.165) is 40.0 Å². The number of hydrogen-bond acceptors (Lipinski definition) is 6. The molecule has 1 unspecified atom stereocenters. The second-order valence-electron chi connectivity index (χ2n) is 11.0. The maximum absolute atomic E-state index is 13.1. The molecule has 2 amide bonds. The molecule has 2 heterocycles. The van der Waals surface area contributed by atoms with Crippen molar-refractivity contribution in [3.05, 3.63) is 95.6 Å². The third kappa shape index (κ3) is 7.91. The van der Waals surface area contributed by atoms with Crippen molar-refractivity contribution in [3.63, 3.8) is 0 Å². The van der Waals surface area contributed by atoms with Gasteiger partial charge >= 0.3 is 0 Å². The molecule has 0 N–H and O–H groups in total. The van der Waals surface area contributed by atoms with Crippen LogP contribution in [-0.2, 0) is 20.9 Å². The van der Waals surface area contributed by atoms with E-state index in [-0.39, 0.29) is 24.5 Å². The van der Waals surface area contributed by atoms with Crippen LogP contribution in [0.15, 0.2) is 84.0 Å². The van der Waals surface area contributed by atoms with E-state index in [1.807, 2.05) is 47.1 Å². The lowest BCUT2D eigenvalue weighted by Gasteiger charge is -2.40. The fourth-order valence-electron chi connectivity index (χ4n) is 5.19. The highest BCUT2D eigenvalue weighted by Gasteiger charge is 2.29. The lowest BCUT2D eigenvalue weighted by molar-refractivity contribution is -0.145. The zero-order valence-corrected chi connectivity index (χ0v) is 25.9. The van der Waals surface area contributed by atoms with Crippen LogP contribution < -0.4 is 0 Å². The molecule has 1 fully saturated rings. The minimum Gasteiger partial charge on any atom is -0.367 e. The Morgan fingerprint density at radius 3 is 2.28 bits per heavy atom. The summed E-state index contributed by atoms with van der Waals surface area (Å²) in [6, 6.07) is 26.4. The number of carbonyl (C=O) groups excluding carboxylic acids is 2. The third-order valence-electron chi connectivity index (χ3n) is 7.64. The van der Waals surface area contributed by atoms with E-state index in [2.05, 4.69) is 77.1 Å². The molecular weight excluding hydrogens is 558 g/mol. The molecule has 4 aromatic rings. The first-order valence-electron chi connectivity index (χ1n) is 14.8. The van der Waals surface area contributed by atoms with E-state index in [0.29, 0.717) is 32.7 Å². The molecule has 0 saturated carbocycles. The zero-order valence-electron chi connectivity index (χ0n) is 25.1. The molecule has 1 aliphatic heterocycles. The molecular formula is C34H39N5O3S. The SMILES string of the molecule is Cc1ccc(-c2nnc(SCCCC(=O)N3CCN(C(=O)COCc4ccccc4)C(C)C3)n2-c2ccc(C)cc2)cc1. The van der Waals surface area contributed by atoms with Gasteiger partial charge in [-0.1, -0.05) is 89.6 Å². The smallest absolute Gasteiger partial charge is 0.248 e. The first-order valence-corrected chi connectivity index (χ1v) is 15.8. The van der Waals surface area contributed by atoms with Crippen LogP contribution in [0.3, 0.4) is 0 Å². The predicted molar refractivity (Wildman–Crippen MR) is 170 cm³/mol. The quantitative estimate of drug-likeness (QED) is 0.163. The largest absolute Gasteiger partial charge is 0.367 e. The van der Waals surface area contributed by atoms with E-state index < -0.39 is 0 Å². The normalized spacial score (nSPS) is 15.1. The Balaban J connectivity index is 1.11. The summed E-state index contributed by atoms with van der Waals surface area (Å²) in [7, 11) is 0. The Bertz CT molecular complexity index is 1510. The van der Waals surface area contributed by atoms with Crippen molar-refractivity contribution in [1.82, 2.24) is 24.6 Å². The van der Waals surface area contributed by atoms with Gasteiger partial charge in [-0.2, -0.15) is 0 Å². The average molecular weight is 598 g/mol. The van der Waals surface area contributed by atoms with Crippen molar-refractivity contribution in [2.24, 2.45) is 0 Å². The van der Waals surface area contributed by atoms with Crippen molar-refractivity contribution in [1.29, 1.82) is 0 Å². The second kappa shape index (κ2) is 14.5. The summed E-state index contributed by atoms with van der Waals surface area (Å²) in [5.41, 5.74) is 5.45. The van der Waals surface area contributed by atoms with Gasteiger partial charge in [-0.15, -0.1) is 10.2 Å². The molecule has 8 nitrogen and oxygen atoms in total. The monoisotopic (exact) mass is 597 g/mol. The number of aromatic nitrogens is 3. The van der Waals surface area contributed by atoms with Gasteiger partial charge < -0.3 is 14.5 Å². The van der Waals surface area contributed by atoms with Gasteiger partial charge in [0.25, 0.3) is 0 Å². The first kappa shape index (κ1) is 30.5. The standard InChI is InChI=1S/C34H39N5O3S/c1-25-11-15-29(16-12-25)33-35-36-34(39(33)30-17-13-26(2)14-18-30)43-21-7-10-31(40)37-19-20-38(27(3)22-37)32(41)24-42-23-28-8-5-4-6-9-28/h4-6,8-9,11-18,27H,7,10,19-24H2,1-3H3. The molecule has 1 aliphatic rings. The van der Waals surface area contributed by atoms with E-state index >= 15 is 0 Å². The molecule has 1 aromatic heterocycles. The molecule has 3 aromatic carbocycles. The Hall–Kier alpha value is -3.95. The number of hydrogen-bond donors (Lipinski definition) is 0. The molecule has 0 spiro atoms. The van der Waals surface area contributed by atoms with Crippen molar-refractivity contribution < 1.29 is 14.3 Å². The summed E-state index contributed by atoms with van der Waals surface area (Å²) >= 11 is 1.62. The van der Waals surface area contributed by atoms with Crippen LogP contribution in [0.4, 0.5) is 0 Å². The number of aryl methyl sites for hydroxylation is 2. The average Bonchev–Trinajstić information content (AvgIpc) is 3.44. The van der Waals surface area contributed by atoms with Gasteiger partial charge in [-0.3, -0.25) is 14.2 Å². The number of nitrogens with zero attached hydrogens (tertiary/aromatic N) is 5. The Labute approximate surface area is 258 Å². The molecule has 1 saturated heterocycles. The zero-order chi connectivity index (χ0) is 30.2. The van der Waals surface area contributed by atoms with Gasteiger partial charge in [0.2, 0.25) is 11.8 Å². The predicted octanol–water partition coefficient (Wildman–Crippen LogP) is 5.70. The molecule has 224 valence electrons. The highest BCUT2D eigenvalue weighted by Crippen LogP contribution is 2.29. The minimum atomic E-state index is -0.0480. The lowest BCUT2D eigenvalue weighted by atomic mass is 10.1. The molecule has 0 radical (unpaired) electrons. The van der Waals surface area contributed by atoms with Gasteiger partial charge in [-0.05, 0) is 44.9 Å². The van der Waals surface area contributed by atoms with E-state index in [1.165, 1.54) is 11.1 Å². The fourth-order valence-corrected chi connectivity index (χ4v) is 6.08. The van der Waals surface area contributed by atoms with Crippen molar-refractivity contribution in [2.45, 2.75) is 51.4 Å². The summed E-state index contributed by atoms with van der Waals surface area (Å²) < 4.78 is 7.74. The number of carbonyl (C=O) groups is 2. The Kier molecular flexibility index (Phi) is 10.3. The molecule has 43 heavy (non-hydrogen) atoms. The van der Waals surface area contributed by atoms with E-state index in [4.69, 9.17) is 4.74 Å². The lowest BCUT2D eigenvalue weighted by Crippen LogP contribution is -2.56. The van der Waals surface area contributed by atoms with Crippen LogP contribution >= 0.6 is 11.8 Å². The van der Waals surface area contributed by atoms with Crippen LogP contribution in [0, 0.1) is 13.8 Å². The molecule has 1 atom stereocenters. The van der Waals surface area contributed by atoms with Gasteiger partial charge in [-0.25, -0.2) is 0 Å².